The van der Waals surface area contributed by atoms with Crippen molar-refractivity contribution in [1.82, 2.24) is 10.2 Å². The Morgan fingerprint density at radius 1 is 1.20 bits per heavy atom. The van der Waals surface area contributed by atoms with Crippen molar-refractivity contribution in [2.75, 3.05) is 5.73 Å². The molecule has 3 rings (SSSR count). The smallest absolute Gasteiger partial charge is 0.283 e. The predicted octanol–water partition coefficient (Wildman–Crippen LogP) is -3.16. The number of nitrogen functional groups attached to an aromatic ring is 1. The lowest BCUT2D eigenvalue weighted by atomic mass is 9.94. The Kier molecular flexibility index (Phi) is 3.39. The summed E-state index contributed by atoms with van der Waals surface area (Å²) in [4.78, 5) is 36.1. The molecular formula is C13H12FN3O8. The Morgan fingerprint density at radius 3 is 2.40 bits per heavy atom. The molecule has 0 bridgehead atoms. The molecule has 11 nitrogen and oxygen atoms in total. The van der Waals surface area contributed by atoms with Crippen molar-refractivity contribution < 1.29 is 44.3 Å². The number of rotatable bonds is 1. The topological polar surface area (TPSA) is 194 Å². The van der Waals surface area contributed by atoms with Crippen LogP contribution >= 0.6 is 0 Å². The first-order valence-corrected chi connectivity index (χ1v) is 6.80. The molecule has 0 spiro atoms. The quantitative estimate of drug-likeness (QED) is 0.117. The number of imide groups is 1. The summed E-state index contributed by atoms with van der Waals surface area (Å²) in [6, 6.07) is 0. The number of hydrogen-bond donors (Lipinski definition) is 7. The molecule has 0 saturated carbocycles. The van der Waals surface area contributed by atoms with Crippen LogP contribution in [0.2, 0.25) is 0 Å². The fourth-order valence-corrected chi connectivity index (χ4v) is 2.85. The molecule has 1 saturated heterocycles. The molecule has 3 amide bonds. The SMILES string of the molecule is Nc1c(O)c(F)c(O)c2c1CN(C1(O)C(=O)NC(=O)C(O)C1O)C2=O. The monoisotopic (exact) mass is 357 g/mol. The average molecular weight is 357 g/mol. The Bertz CT molecular complexity index is 843. The molecule has 25 heavy (non-hydrogen) atoms. The number of benzene rings is 1. The van der Waals surface area contributed by atoms with Crippen LogP contribution in [-0.2, 0) is 16.1 Å². The van der Waals surface area contributed by atoms with Crippen LogP contribution in [0.25, 0.3) is 0 Å². The van der Waals surface area contributed by atoms with E-state index in [-0.39, 0.29) is 5.56 Å². The van der Waals surface area contributed by atoms with Gasteiger partial charge in [0.2, 0.25) is 5.82 Å². The van der Waals surface area contributed by atoms with E-state index >= 15 is 0 Å². The highest BCUT2D eigenvalue weighted by Crippen LogP contribution is 2.44. The van der Waals surface area contributed by atoms with Gasteiger partial charge in [-0.3, -0.25) is 24.6 Å². The zero-order valence-corrected chi connectivity index (χ0v) is 12.2. The van der Waals surface area contributed by atoms with Crippen molar-refractivity contribution in [3.05, 3.63) is 16.9 Å². The van der Waals surface area contributed by atoms with E-state index < -0.39 is 70.8 Å². The molecule has 2 heterocycles. The van der Waals surface area contributed by atoms with E-state index in [1.54, 1.807) is 5.32 Å². The van der Waals surface area contributed by atoms with Gasteiger partial charge in [-0.15, -0.1) is 0 Å². The van der Waals surface area contributed by atoms with Crippen LogP contribution in [0.5, 0.6) is 11.5 Å². The number of nitrogens with two attached hydrogens (primary N) is 1. The van der Waals surface area contributed by atoms with Crippen LogP contribution in [0.15, 0.2) is 0 Å². The summed E-state index contributed by atoms with van der Waals surface area (Å²) in [5.74, 6) is -8.10. The lowest BCUT2D eigenvalue weighted by molar-refractivity contribution is -0.210. The fraction of sp³-hybridized carbons (Fsp3) is 0.308. The molecule has 134 valence electrons. The second-order valence-corrected chi connectivity index (χ2v) is 5.60. The van der Waals surface area contributed by atoms with E-state index in [0.717, 1.165) is 0 Å². The molecule has 8 N–H and O–H groups in total. The number of fused-ring (bicyclic) bond motifs is 1. The summed E-state index contributed by atoms with van der Waals surface area (Å²) >= 11 is 0. The van der Waals surface area contributed by atoms with Crippen LogP contribution in [0.1, 0.15) is 15.9 Å². The minimum atomic E-state index is -3.10. The van der Waals surface area contributed by atoms with Crippen molar-refractivity contribution >= 4 is 23.4 Å². The summed E-state index contributed by atoms with van der Waals surface area (Å²) in [5, 5.41) is 50.9. The minimum absolute atomic E-state index is 0.294. The van der Waals surface area contributed by atoms with Crippen molar-refractivity contribution in [3.63, 3.8) is 0 Å². The number of phenolic OH excluding ortho intramolecular Hbond substituents is 2. The summed E-state index contributed by atoms with van der Waals surface area (Å²) in [7, 11) is 0. The minimum Gasteiger partial charge on any atom is -0.504 e. The van der Waals surface area contributed by atoms with Crippen molar-refractivity contribution in [1.29, 1.82) is 0 Å². The molecule has 0 aromatic heterocycles. The molecule has 2 aliphatic heterocycles. The zero-order valence-electron chi connectivity index (χ0n) is 12.2. The van der Waals surface area contributed by atoms with Gasteiger partial charge in [0.25, 0.3) is 23.4 Å². The maximum absolute atomic E-state index is 13.7. The number of nitrogens with one attached hydrogen (secondary N) is 1. The molecule has 0 radical (unpaired) electrons. The fourth-order valence-electron chi connectivity index (χ4n) is 2.85. The third-order valence-corrected chi connectivity index (χ3v) is 4.27. The maximum Gasteiger partial charge on any atom is 0.283 e. The van der Waals surface area contributed by atoms with Gasteiger partial charge in [-0.1, -0.05) is 0 Å². The molecule has 12 heteroatoms. The molecule has 1 aromatic rings. The average Bonchev–Trinajstić information content (AvgIpc) is 2.92. The van der Waals surface area contributed by atoms with Crippen LogP contribution < -0.4 is 11.1 Å². The first-order valence-electron chi connectivity index (χ1n) is 6.80. The normalized spacial score (nSPS) is 29.0. The maximum atomic E-state index is 13.7. The highest BCUT2D eigenvalue weighted by atomic mass is 19.1. The van der Waals surface area contributed by atoms with Crippen molar-refractivity contribution in [3.8, 4) is 11.5 Å². The summed E-state index contributed by atoms with van der Waals surface area (Å²) in [6.07, 6.45) is -4.66. The van der Waals surface area contributed by atoms with Gasteiger partial charge in [0.05, 0.1) is 17.8 Å². The van der Waals surface area contributed by atoms with Gasteiger partial charge in [-0.25, -0.2) is 0 Å². The number of aliphatic hydroxyl groups is 3. The van der Waals surface area contributed by atoms with Gasteiger partial charge in [-0.2, -0.15) is 4.39 Å². The third-order valence-electron chi connectivity index (χ3n) is 4.27. The molecule has 2 aliphatic rings. The standard InChI is InChI=1S/C13H12FN3O8/c14-4-6(18)3-2(5(15)7(4)19)1-17(11(3)23)13(25)9(21)8(20)10(22)16-12(13)24/h8-9,18-21,25H,1,15H2,(H,16,22,24). The second-order valence-electron chi connectivity index (χ2n) is 5.60. The van der Waals surface area contributed by atoms with E-state index in [2.05, 4.69) is 0 Å². The van der Waals surface area contributed by atoms with Gasteiger partial charge in [0.1, 0.15) is 6.10 Å². The number of piperidine rings is 1. The predicted molar refractivity (Wildman–Crippen MR) is 74.1 cm³/mol. The molecule has 0 aliphatic carbocycles. The van der Waals surface area contributed by atoms with Crippen LogP contribution in [0.3, 0.4) is 0 Å². The van der Waals surface area contributed by atoms with E-state index in [1.165, 1.54) is 0 Å². The number of amides is 3. The van der Waals surface area contributed by atoms with Crippen LogP contribution in [-0.4, -0.2) is 66.1 Å². The Balaban J connectivity index is 2.13. The van der Waals surface area contributed by atoms with Crippen molar-refractivity contribution in [2.24, 2.45) is 0 Å². The Morgan fingerprint density at radius 2 is 1.80 bits per heavy atom. The molecular weight excluding hydrogens is 345 g/mol. The lowest BCUT2D eigenvalue weighted by Crippen LogP contribution is -2.74. The molecule has 3 atom stereocenters. The number of halogens is 1. The van der Waals surface area contributed by atoms with Gasteiger partial charge in [-0.05, 0) is 0 Å². The number of anilines is 1. The Labute approximate surface area is 137 Å². The molecule has 3 unspecified atom stereocenters. The molecule has 1 fully saturated rings. The third kappa shape index (κ3) is 1.92. The van der Waals surface area contributed by atoms with Gasteiger partial charge in [0.15, 0.2) is 17.6 Å². The van der Waals surface area contributed by atoms with E-state index in [0.29, 0.717) is 4.90 Å². The number of hydrogen-bond acceptors (Lipinski definition) is 9. The van der Waals surface area contributed by atoms with Crippen LogP contribution in [0.4, 0.5) is 10.1 Å². The highest BCUT2D eigenvalue weighted by Gasteiger charge is 2.60. The number of carbonyl (C=O) groups excluding carboxylic acids is 3. The van der Waals surface area contributed by atoms with E-state index in [1.807, 2.05) is 0 Å². The van der Waals surface area contributed by atoms with Gasteiger partial charge < -0.3 is 31.3 Å². The number of carbonyl (C=O) groups is 3. The lowest BCUT2D eigenvalue weighted by Gasteiger charge is -2.42. The first kappa shape index (κ1) is 16.9. The summed E-state index contributed by atoms with van der Waals surface area (Å²) in [5.41, 5.74) is 0.737. The number of aliphatic hydroxyl groups excluding tert-OH is 2. The number of aromatic hydroxyl groups is 2. The number of nitrogens with zero attached hydrogens (tertiary/aromatic N) is 1. The first-order chi connectivity index (χ1) is 11.5. The second kappa shape index (κ2) is 5.02. The Hall–Kier alpha value is -2.96. The largest absolute Gasteiger partial charge is 0.504 e. The molecule has 1 aromatic carbocycles. The summed E-state index contributed by atoms with van der Waals surface area (Å²) < 4.78 is 13.7. The van der Waals surface area contributed by atoms with Crippen molar-refractivity contribution in [2.45, 2.75) is 24.5 Å². The zero-order chi connectivity index (χ0) is 18.8. The highest BCUT2D eigenvalue weighted by molar-refractivity contribution is 6.10. The van der Waals surface area contributed by atoms with E-state index in [4.69, 9.17) is 5.73 Å². The van der Waals surface area contributed by atoms with E-state index in [9.17, 15) is 44.3 Å². The van der Waals surface area contributed by atoms with Gasteiger partial charge >= 0.3 is 0 Å². The number of phenols is 2. The van der Waals surface area contributed by atoms with Crippen LogP contribution in [0, 0.1) is 5.82 Å². The summed E-state index contributed by atoms with van der Waals surface area (Å²) in [6.45, 7) is -0.719. The van der Waals surface area contributed by atoms with Gasteiger partial charge in [0, 0.05) is 5.56 Å².